The summed E-state index contributed by atoms with van der Waals surface area (Å²) in [6, 6.07) is 12.6. The maximum Gasteiger partial charge on any atom is 0.322 e. The molecule has 30 heavy (non-hydrogen) atoms. The van der Waals surface area contributed by atoms with Crippen LogP contribution in [0.4, 0.5) is 0 Å². The molecule has 8 heteroatoms. The van der Waals surface area contributed by atoms with E-state index >= 15 is 0 Å². The van der Waals surface area contributed by atoms with Crippen molar-refractivity contribution in [3.8, 4) is 0 Å². The highest BCUT2D eigenvalue weighted by atomic mass is 35.5. The number of hydrogen-bond acceptors (Lipinski definition) is 4. The number of aromatic amines is 1. The van der Waals surface area contributed by atoms with E-state index in [0.29, 0.717) is 29.1 Å². The standard InChI is InChI=1S/C22H24ClN3O4/c1-13(24-11-19(27)14-4-2-5-16(23)9-14)8-15-10-25-21-17(15)6-3-7-18(21)22(30)26-12-20(28)29/h2-7,9-10,13,19,24-25,27H,8,11-12H2,1H3,(H,26,30)(H,28,29)/t13-,19+/m1/s1. The highest BCUT2D eigenvalue weighted by molar-refractivity contribution is 6.30. The zero-order valence-electron chi connectivity index (χ0n) is 16.5. The average molecular weight is 430 g/mol. The van der Waals surface area contributed by atoms with Gasteiger partial charge >= 0.3 is 5.97 Å². The summed E-state index contributed by atoms with van der Waals surface area (Å²) in [5.74, 6) is -1.53. The largest absolute Gasteiger partial charge is 0.480 e. The Bertz CT molecular complexity index is 1050. The van der Waals surface area contributed by atoms with Crippen molar-refractivity contribution in [1.29, 1.82) is 0 Å². The molecule has 7 nitrogen and oxygen atoms in total. The monoisotopic (exact) mass is 429 g/mol. The van der Waals surface area contributed by atoms with E-state index in [2.05, 4.69) is 15.6 Å². The van der Waals surface area contributed by atoms with Crippen LogP contribution in [0.5, 0.6) is 0 Å². The van der Waals surface area contributed by atoms with Crippen molar-refractivity contribution in [3.63, 3.8) is 0 Å². The van der Waals surface area contributed by atoms with Crippen molar-refractivity contribution in [2.24, 2.45) is 0 Å². The minimum Gasteiger partial charge on any atom is -0.480 e. The smallest absolute Gasteiger partial charge is 0.322 e. The number of carboxylic acid groups (broad SMARTS) is 1. The Morgan fingerprint density at radius 2 is 1.97 bits per heavy atom. The number of fused-ring (bicyclic) bond motifs is 1. The number of H-pyrrole nitrogens is 1. The number of halogens is 1. The fourth-order valence-electron chi connectivity index (χ4n) is 3.37. The Labute approximate surface area is 179 Å². The summed E-state index contributed by atoms with van der Waals surface area (Å²) in [6.07, 6.45) is 1.87. The number of aliphatic hydroxyl groups is 1. The maximum atomic E-state index is 12.3. The first-order valence-electron chi connectivity index (χ1n) is 9.61. The van der Waals surface area contributed by atoms with E-state index in [1.807, 2.05) is 25.3 Å². The fraction of sp³-hybridized carbons (Fsp3) is 0.273. The topological polar surface area (TPSA) is 114 Å². The van der Waals surface area contributed by atoms with Crippen molar-refractivity contribution in [2.45, 2.75) is 25.5 Å². The normalized spacial score (nSPS) is 13.2. The molecule has 5 N–H and O–H groups in total. The van der Waals surface area contributed by atoms with Gasteiger partial charge in [0.15, 0.2) is 0 Å². The Morgan fingerprint density at radius 3 is 2.70 bits per heavy atom. The molecule has 0 bridgehead atoms. The summed E-state index contributed by atoms with van der Waals surface area (Å²) < 4.78 is 0. The van der Waals surface area contributed by atoms with E-state index in [-0.39, 0.29) is 6.04 Å². The molecule has 1 amide bonds. The van der Waals surface area contributed by atoms with E-state index in [1.165, 1.54) is 0 Å². The van der Waals surface area contributed by atoms with Crippen LogP contribution in [0.25, 0.3) is 10.9 Å². The zero-order chi connectivity index (χ0) is 21.7. The number of aliphatic hydroxyl groups excluding tert-OH is 1. The molecule has 0 unspecified atom stereocenters. The molecule has 1 aromatic heterocycles. The summed E-state index contributed by atoms with van der Waals surface area (Å²) in [6.45, 7) is 1.97. The number of carbonyl (C=O) groups excluding carboxylic acids is 1. The lowest BCUT2D eigenvalue weighted by Gasteiger charge is -2.17. The van der Waals surface area contributed by atoms with Crippen LogP contribution in [0.15, 0.2) is 48.7 Å². The third-order valence-electron chi connectivity index (χ3n) is 4.87. The number of benzene rings is 2. The minimum absolute atomic E-state index is 0.0716. The molecule has 158 valence electrons. The Kier molecular flexibility index (Phi) is 7.10. The third-order valence-corrected chi connectivity index (χ3v) is 5.10. The summed E-state index contributed by atoms with van der Waals surface area (Å²) in [4.78, 5) is 26.1. The highest BCUT2D eigenvalue weighted by Gasteiger charge is 2.16. The van der Waals surface area contributed by atoms with Gasteiger partial charge in [-0.3, -0.25) is 9.59 Å². The van der Waals surface area contributed by atoms with E-state index in [0.717, 1.165) is 16.5 Å². The van der Waals surface area contributed by atoms with Crippen molar-refractivity contribution >= 4 is 34.4 Å². The maximum absolute atomic E-state index is 12.3. The highest BCUT2D eigenvalue weighted by Crippen LogP contribution is 2.23. The van der Waals surface area contributed by atoms with Crippen molar-refractivity contribution in [3.05, 3.63) is 70.4 Å². The summed E-state index contributed by atoms with van der Waals surface area (Å²) >= 11 is 5.98. The van der Waals surface area contributed by atoms with Crippen LogP contribution in [0.3, 0.4) is 0 Å². The molecule has 0 aliphatic heterocycles. The van der Waals surface area contributed by atoms with Crippen LogP contribution in [0.1, 0.15) is 34.5 Å². The van der Waals surface area contributed by atoms with Crippen molar-refractivity contribution in [1.82, 2.24) is 15.6 Å². The van der Waals surface area contributed by atoms with Gasteiger partial charge in [-0.1, -0.05) is 35.9 Å². The number of para-hydroxylation sites is 1. The van der Waals surface area contributed by atoms with Gasteiger partial charge in [-0.05, 0) is 42.7 Å². The first-order valence-corrected chi connectivity index (χ1v) is 9.99. The number of aromatic nitrogens is 1. The molecule has 0 spiro atoms. The van der Waals surface area contributed by atoms with Gasteiger partial charge in [0, 0.05) is 29.2 Å². The number of nitrogens with one attached hydrogen (secondary N) is 3. The van der Waals surface area contributed by atoms with E-state index < -0.39 is 24.5 Å². The van der Waals surface area contributed by atoms with Gasteiger partial charge in [0.25, 0.3) is 5.91 Å². The van der Waals surface area contributed by atoms with Gasteiger partial charge < -0.3 is 25.8 Å². The van der Waals surface area contributed by atoms with Crippen molar-refractivity contribution < 1.29 is 19.8 Å². The van der Waals surface area contributed by atoms with Gasteiger partial charge in [-0.25, -0.2) is 0 Å². The molecule has 0 aliphatic rings. The van der Waals surface area contributed by atoms with Gasteiger partial charge in [-0.2, -0.15) is 0 Å². The molecule has 0 aliphatic carbocycles. The molecular weight excluding hydrogens is 406 g/mol. The summed E-state index contributed by atoms with van der Waals surface area (Å²) in [7, 11) is 0. The fourth-order valence-corrected chi connectivity index (χ4v) is 3.57. The average Bonchev–Trinajstić information content (AvgIpc) is 3.13. The second kappa shape index (κ2) is 9.75. The van der Waals surface area contributed by atoms with E-state index in [1.54, 1.807) is 30.3 Å². The van der Waals surface area contributed by atoms with Crippen LogP contribution >= 0.6 is 11.6 Å². The molecule has 0 radical (unpaired) electrons. The lowest BCUT2D eigenvalue weighted by molar-refractivity contribution is -0.135. The number of rotatable bonds is 9. The predicted molar refractivity (Wildman–Crippen MR) is 116 cm³/mol. The van der Waals surface area contributed by atoms with Gasteiger partial charge in [0.05, 0.1) is 17.2 Å². The quantitative estimate of drug-likeness (QED) is 0.359. The van der Waals surface area contributed by atoms with Crippen LogP contribution in [0, 0.1) is 0 Å². The van der Waals surface area contributed by atoms with E-state index in [9.17, 15) is 14.7 Å². The van der Waals surface area contributed by atoms with Gasteiger partial charge in [0.1, 0.15) is 6.54 Å². The predicted octanol–water partition coefficient (Wildman–Crippen LogP) is 2.89. The first-order chi connectivity index (χ1) is 14.3. The van der Waals surface area contributed by atoms with Crippen LogP contribution in [-0.2, 0) is 11.2 Å². The lowest BCUT2D eigenvalue weighted by atomic mass is 10.0. The number of amides is 1. The number of carbonyl (C=O) groups is 2. The molecule has 3 rings (SSSR count). The SMILES string of the molecule is C[C@H](Cc1c[nH]c2c(C(=O)NCC(=O)O)cccc12)NC[C@H](O)c1cccc(Cl)c1. The number of hydrogen-bond donors (Lipinski definition) is 5. The molecule has 0 saturated carbocycles. The summed E-state index contributed by atoms with van der Waals surface area (Å²) in [5.41, 5.74) is 2.85. The van der Waals surface area contributed by atoms with Crippen LogP contribution in [0.2, 0.25) is 5.02 Å². The van der Waals surface area contributed by atoms with Crippen LogP contribution in [-0.4, -0.2) is 46.2 Å². The molecule has 1 heterocycles. The molecular formula is C22H24ClN3O4. The Hall–Kier alpha value is -2.87. The molecule has 0 saturated heterocycles. The second-order valence-corrected chi connectivity index (χ2v) is 7.64. The zero-order valence-corrected chi connectivity index (χ0v) is 17.2. The Balaban J connectivity index is 1.65. The molecule has 3 aromatic rings. The molecule has 2 aromatic carbocycles. The number of aliphatic carboxylic acids is 1. The number of carboxylic acids is 1. The van der Waals surface area contributed by atoms with Crippen LogP contribution < -0.4 is 10.6 Å². The minimum atomic E-state index is -1.09. The molecule has 2 atom stereocenters. The van der Waals surface area contributed by atoms with Gasteiger partial charge in [0.2, 0.25) is 0 Å². The van der Waals surface area contributed by atoms with E-state index in [4.69, 9.17) is 16.7 Å². The summed E-state index contributed by atoms with van der Waals surface area (Å²) in [5, 5.41) is 26.3. The molecule has 0 fully saturated rings. The third kappa shape index (κ3) is 5.38. The van der Waals surface area contributed by atoms with Gasteiger partial charge in [-0.15, -0.1) is 0 Å². The van der Waals surface area contributed by atoms with Crippen molar-refractivity contribution in [2.75, 3.05) is 13.1 Å². The second-order valence-electron chi connectivity index (χ2n) is 7.20. The lowest BCUT2D eigenvalue weighted by Crippen LogP contribution is -2.32. The first kappa shape index (κ1) is 21.8. The Morgan fingerprint density at radius 1 is 1.20 bits per heavy atom.